The minimum absolute atomic E-state index is 0.392. The minimum atomic E-state index is -9.14. The summed E-state index contributed by atoms with van der Waals surface area (Å²) in [5.74, 6) is -76.5. The predicted molar refractivity (Wildman–Crippen MR) is 95.7 cm³/mol. The van der Waals surface area contributed by atoms with Crippen LogP contribution in [-0.2, 0) is 14.2 Å². The van der Waals surface area contributed by atoms with Crippen LogP contribution in [0.1, 0.15) is 6.42 Å². The molecule has 3 nitrogen and oxygen atoms in total. The smallest absolute Gasteiger partial charge is 0.376 e. The van der Waals surface area contributed by atoms with Crippen LogP contribution in [0.4, 0.5) is 92.2 Å². The van der Waals surface area contributed by atoms with Gasteiger partial charge in [-0.3, -0.25) is 0 Å². The number of allylic oxidation sites excluding steroid dienone is 1. The van der Waals surface area contributed by atoms with Gasteiger partial charge >= 0.3 is 59.5 Å². The van der Waals surface area contributed by atoms with Crippen LogP contribution in [0.2, 0.25) is 0 Å². The second-order valence-corrected chi connectivity index (χ2v) is 8.74. The summed E-state index contributed by atoms with van der Waals surface area (Å²) >= 11 is 0. The molecule has 0 aliphatic carbocycles. The molecule has 2 aliphatic rings. The van der Waals surface area contributed by atoms with Gasteiger partial charge in [-0.25, -0.2) is 0 Å². The first-order valence-electron chi connectivity index (χ1n) is 10.6. The summed E-state index contributed by atoms with van der Waals surface area (Å²) in [6.07, 6.45) is -10.4. The van der Waals surface area contributed by atoms with E-state index in [2.05, 4.69) is 6.58 Å². The molecule has 2 atom stereocenters. The number of halogens is 21. The van der Waals surface area contributed by atoms with Gasteiger partial charge in [0.15, 0.2) is 0 Å². The molecule has 0 N–H and O–H groups in total. The molecular formula is C19H15F21O3. The van der Waals surface area contributed by atoms with Crippen LogP contribution >= 0.6 is 0 Å². The quantitative estimate of drug-likeness (QED) is 0.107. The molecule has 2 aliphatic heterocycles. The SMILES string of the molecule is C(OCC1CO1)C1CO1.C=CCC(F)(F)C(F)(F)C(F)(F)C(F)(F)C(F)(F)C(F)(F)C(F)(F)C(F)(F)C(F)(F)C(F)(F)F. The fourth-order valence-electron chi connectivity index (χ4n) is 2.56. The van der Waals surface area contributed by atoms with Crippen molar-refractivity contribution >= 4 is 0 Å². The Kier molecular flexibility index (Phi) is 10.5. The Morgan fingerprint density at radius 2 is 0.744 bits per heavy atom. The molecule has 0 aromatic rings. The van der Waals surface area contributed by atoms with Crippen LogP contribution in [0.3, 0.4) is 0 Å². The number of hydrogen-bond donors (Lipinski definition) is 0. The Labute approximate surface area is 224 Å². The van der Waals surface area contributed by atoms with E-state index in [0.29, 0.717) is 12.2 Å². The molecule has 0 radical (unpaired) electrons. The van der Waals surface area contributed by atoms with Crippen LogP contribution in [0.25, 0.3) is 0 Å². The summed E-state index contributed by atoms with van der Waals surface area (Å²) in [6.45, 7) is 5.50. The molecule has 0 aromatic heterocycles. The highest BCUT2D eigenvalue weighted by molar-refractivity contribution is 5.18. The third-order valence-electron chi connectivity index (χ3n) is 5.39. The predicted octanol–water partition coefficient (Wildman–Crippen LogP) is 7.64. The van der Waals surface area contributed by atoms with E-state index in [9.17, 15) is 92.2 Å². The summed E-state index contributed by atoms with van der Waals surface area (Å²) in [4.78, 5) is 0. The number of epoxide rings is 2. The van der Waals surface area contributed by atoms with Gasteiger partial charge in [0.2, 0.25) is 0 Å². The van der Waals surface area contributed by atoms with Gasteiger partial charge in [-0.2, -0.15) is 92.2 Å². The monoisotopic (exact) mass is 690 g/mol. The van der Waals surface area contributed by atoms with Gasteiger partial charge in [0.1, 0.15) is 12.2 Å². The van der Waals surface area contributed by atoms with Crippen molar-refractivity contribution in [3.63, 3.8) is 0 Å². The van der Waals surface area contributed by atoms with Gasteiger partial charge in [0.25, 0.3) is 0 Å². The number of alkyl halides is 21. The molecular weight excluding hydrogens is 675 g/mol. The van der Waals surface area contributed by atoms with Crippen LogP contribution in [0.5, 0.6) is 0 Å². The van der Waals surface area contributed by atoms with Crippen molar-refractivity contribution in [2.24, 2.45) is 0 Å². The molecule has 2 rings (SSSR count). The molecule has 0 aromatic carbocycles. The van der Waals surface area contributed by atoms with Gasteiger partial charge in [-0.05, 0) is 0 Å². The molecule has 256 valence electrons. The maximum absolute atomic E-state index is 13.4. The van der Waals surface area contributed by atoms with Crippen LogP contribution in [-0.4, -0.2) is 98.1 Å². The van der Waals surface area contributed by atoms with Crippen molar-refractivity contribution < 1.29 is 106 Å². The fourth-order valence-corrected chi connectivity index (χ4v) is 2.56. The van der Waals surface area contributed by atoms with E-state index in [4.69, 9.17) is 14.2 Å². The first-order valence-corrected chi connectivity index (χ1v) is 10.6. The molecule has 0 bridgehead atoms. The standard InChI is InChI=1S/C13H5F21.C6H10O3/c1-2-3-4(14,15)5(16,17)6(18,19)7(20,21)8(22,23)9(24,25)10(26,27)11(28,29)12(30,31)13(32,33)34;1(5-3-8-5)7-2-6-4-9-6/h2H,1,3H2;5-6H,1-4H2. The van der Waals surface area contributed by atoms with E-state index >= 15 is 0 Å². The van der Waals surface area contributed by atoms with Gasteiger partial charge in [0, 0.05) is 6.42 Å². The topological polar surface area (TPSA) is 34.3 Å². The lowest BCUT2D eigenvalue weighted by atomic mass is 9.86. The lowest BCUT2D eigenvalue weighted by Gasteiger charge is -2.44. The highest BCUT2D eigenvalue weighted by Crippen LogP contribution is 2.66. The second kappa shape index (κ2) is 11.5. The van der Waals surface area contributed by atoms with Crippen molar-refractivity contribution in [3.8, 4) is 0 Å². The Morgan fingerprint density at radius 1 is 0.488 bits per heavy atom. The fraction of sp³-hybridized carbons (Fsp3) is 0.895. The normalized spacial score (nSPS) is 21.2. The van der Waals surface area contributed by atoms with Gasteiger partial charge < -0.3 is 14.2 Å². The van der Waals surface area contributed by atoms with Gasteiger partial charge in [-0.1, -0.05) is 6.08 Å². The Hall–Kier alpha value is -1.85. The average Bonchev–Trinajstić information content (AvgIpc) is 3.74. The van der Waals surface area contributed by atoms with E-state index in [0.717, 1.165) is 26.4 Å². The minimum Gasteiger partial charge on any atom is -0.376 e. The van der Waals surface area contributed by atoms with E-state index in [1.165, 1.54) is 0 Å². The van der Waals surface area contributed by atoms with E-state index < -0.39 is 72.0 Å². The summed E-state index contributed by atoms with van der Waals surface area (Å²) in [7, 11) is 0. The number of hydrogen-bond acceptors (Lipinski definition) is 3. The summed E-state index contributed by atoms with van der Waals surface area (Å²) in [6, 6.07) is 0. The lowest BCUT2D eigenvalue weighted by molar-refractivity contribution is -0.474. The summed E-state index contributed by atoms with van der Waals surface area (Å²) in [5, 5.41) is 0. The highest BCUT2D eigenvalue weighted by Gasteiger charge is 2.97. The second-order valence-electron chi connectivity index (χ2n) is 8.74. The third kappa shape index (κ3) is 6.45. The van der Waals surface area contributed by atoms with Crippen molar-refractivity contribution in [1.82, 2.24) is 0 Å². The lowest BCUT2D eigenvalue weighted by Crippen LogP contribution is -2.76. The average molecular weight is 690 g/mol. The number of ether oxygens (including phenoxy) is 3. The van der Waals surface area contributed by atoms with E-state index in [-0.39, 0.29) is 0 Å². The van der Waals surface area contributed by atoms with Gasteiger partial charge in [-0.15, -0.1) is 6.58 Å². The van der Waals surface area contributed by atoms with Crippen LogP contribution in [0, 0.1) is 0 Å². The first kappa shape index (κ1) is 39.2. The Morgan fingerprint density at radius 3 is 0.977 bits per heavy atom. The van der Waals surface area contributed by atoms with Crippen LogP contribution < -0.4 is 0 Å². The Bertz CT molecular complexity index is 953. The molecule has 2 fully saturated rings. The van der Waals surface area contributed by atoms with E-state index in [1.807, 2.05) is 0 Å². The Balaban J connectivity index is 0.000000852. The molecule has 24 heteroatoms. The molecule has 0 spiro atoms. The zero-order valence-corrected chi connectivity index (χ0v) is 20.1. The van der Waals surface area contributed by atoms with Crippen molar-refractivity contribution in [2.75, 3.05) is 26.4 Å². The summed E-state index contributed by atoms with van der Waals surface area (Å²) in [5.41, 5.74) is 0. The van der Waals surface area contributed by atoms with Crippen molar-refractivity contribution in [2.45, 2.75) is 78.1 Å². The first-order chi connectivity index (χ1) is 18.8. The zero-order valence-electron chi connectivity index (χ0n) is 20.1. The molecule has 2 saturated heterocycles. The maximum atomic E-state index is 13.4. The van der Waals surface area contributed by atoms with E-state index in [1.54, 1.807) is 0 Å². The molecule has 43 heavy (non-hydrogen) atoms. The van der Waals surface area contributed by atoms with Crippen molar-refractivity contribution in [3.05, 3.63) is 12.7 Å². The highest BCUT2D eigenvalue weighted by atomic mass is 19.4. The van der Waals surface area contributed by atoms with Gasteiger partial charge in [0.05, 0.1) is 26.4 Å². The van der Waals surface area contributed by atoms with Crippen molar-refractivity contribution in [1.29, 1.82) is 0 Å². The molecule has 2 unspecified atom stereocenters. The third-order valence-corrected chi connectivity index (χ3v) is 5.39. The molecule has 0 saturated carbocycles. The largest absolute Gasteiger partial charge is 0.460 e. The molecule has 0 amide bonds. The molecule has 2 heterocycles. The number of rotatable bonds is 14. The summed E-state index contributed by atoms with van der Waals surface area (Å²) < 4.78 is 288. The zero-order chi connectivity index (χ0) is 34.5. The maximum Gasteiger partial charge on any atom is 0.460 e. The van der Waals surface area contributed by atoms with Crippen LogP contribution in [0.15, 0.2) is 12.7 Å².